The van der Waals surface area contributed by atoms with Gasteiger partial charge in [-0.25, -0.2) is 0 Å². The maximum atomic E-state index is 12.8. The highest BCUT2D eigenvalue weighted by molar-refractivity contribution is 6.34. The van der Waals surface area contributed by atoms with Crippen LogP contribution in [0.5, 0.6) is 0 Å². The molecule has 168 valence electrons. The number of carbonyl (C=O) groups is 2. The lowest BCUT2D eigenvalue weighted by Gasteiger charge is -2.25. The minimum Gasteiger partial charge on any atom is -0.509 e. The predicted molar refractivity (Wildman–Crippen MR) is 127 cm³/mol. The van der Waals surface area contributed by atoms with Gasteiger partial charge in [0.25, 0.3) is 11.8 Å². The molecule has 32 heavy (non-hydrogen) atoms. The molecule has 1 aliphatic heterocycles. The Morgan fingerprint density at radius 3 is 2.34 bits per heavy atom. The van der Waals surface area contributed by atoms with Gasteiger partial charge in [0.05, 0.1) is 5.54 Å². The number of hydrogen-bond acceptors (Lipinski definition) is 3. The summed E-state index contributed by atoms with van der Waals surface area (Å²) in [6.07, 6.45) is 6.44. The number of aliphatic hydroxyl groups is 1. The predicted octanol–water partition coefficient (Wildman–Crippen LogP) is 5.92. The lowest BCUT2D eigenvalue weighted by molar-refractivity contribution is -0.121. The molecule has 1 atom stereocenters. The summed E-state index contributed by atoms with van der Waals surface area (Å²) in [5, 5.41) is 17.2. The summed E-state index contributed by atoms with van der Waals surface area (Å²) in [4.78, 5) is 25.4. The van der Waals surface area contributed by atoms with E-state index < -0.39 is 17.4 Å². The molecule has 7 heteroatoms. The summed E-state index contributed by atoms with van der Waals surface area (Å²) in [6, 6.07) is 12.8. The minimum absolute atomic E-state index is 0.234. The highest BCUT2D eigenvalue weighted by atomic mass is 35.5. The third-order valence-corrected chi connectivity index (χ3v) is 6.76. The van der Waals surface area contributed by atoms with Gasteiger partial charge < -0.3 is 15.7 Å². The molecule has 1 unspecified atom stereocenters. The molecule has 2 amide bonds. The zero-order valence-electron chi connectivity index (χ0n) is 17.9. The van der Waals surface area contributed by atoms with Crippen LogP contribution < -0.4 is 10.6 Å². The number of halogens is 2. The smallest absolute Gasteiger partial charge is 0.264 e. The highest BCUT2D eigenvalue weighted by Gasteiger charge is 2.44. The number of carbonyl (C=O) groups excluding carboxylic acids is 2. The molecule has 4 rings (SSSR count). The molecule has 0 bridgehead atoms. The Morgan fingerprint density at radius 2 is 1.72 bits per heavy atom. The van der Waals surface area contributed by atoms with Gasteiger partial charge in [0, 0.05) is 22.2 Å². The third-order valence-electron chi connectivity index (χ3n) is 6.33. The quantitative estimate of drug-likeness (QED) is 0.472. The van der Waals surface area contributed by atoms with Crippen molar-refractivity contribution >= 4 is 40.7 Å². The molecule has 1 aliphatic carbocycles. The number of aliphatic hydroxyl groups excluding tert-OH is 1. The van der Waals surface area contributed by atoms with Gasteiger partial charge in [-0.3, -0.25) is 9.59 Å². The Hall–Kier alpha value is -2.50. The molecule has 0 saturated heterocycles. The van der Waals surface area contributed by atoms with Crippen molar-refractivity contribution in [3.63, 3.8) is 0 Å². The Kier molecular flexibility index (Phi) is 6.50. The standard InChI is InChI=1S/C25H26Cl2N2O3/c1-25(14-15-11-18(26)13-19(27)12-15)22(30)21(24(32)29-25)23(31)28-20-9-7-17(8-10-20)16-5-3-2-4-6-16/h7-13,16,30H,2-6,14H2,1H3,(H,28,31)(H,29,32). The van der Waals surface area contributed by atoms with Crippen molar-refractivity contribution in [3.05, 3.63) is 75.0 Å². The van der Waals surface area contributed by atoms with Crippen molar-refractivity contribution in [2.45, 2.75) is 56.9 Å². The largest absolute Gasteiger partial charge is 0.509 e. The van der Waals surface area contributed by atoms with Crippen molar-refractivity contribution in [1.82, 2.24) is 5.32 Å². The summed E-state index contributed by atoms with van der Waals surface area (Å²) in [7, 11) is 0. The van der Waals surface area contributed by atoms with Crippen LogP contribution in [0.2, 0.25) is 10.0 Å². The summed E-state index contributed by atoms with van der Waals surface area (Å²) in [5.74, 6) is -0.982. The van der Waals surface area contributed by atoms with E-state index in [1.165, 1.54) is 37.7 Å². The number of hydrogen-bond donors (Lipinski definition) is 3. The topological polar surface area (TPSA) is 78.4 Å². The van der Waals surface area contributed by atoms with Gasteiger partial charge in [-0.15, -0.1) is 0 Å². The van der Waals surface area contributed by atoms with Gasteiger partial charge in [0.2, 0.25) is 0 Å². The minimum atomic E-state index is -1.14. The number of anilines is 1. The summed E-state index contributed by atoms with van der Waals surface area (Å²) >= 11 is 12.1. The molecular weight excluding hydrogens is 447 g/mol. The van der Waals surface area contributed by atoms with E-state index in [9.17, 15) is 14.7 Å². The van der Waals surface area contributed by atoms with E-state index in [2.05, 4.69) is 10.6 Å². The van der Waals surface area contributed by atoms with Crippen LogP contribution in [0.4, 0.5) is 5.69 Å². The van der Waals surface area contributed by atoms with Crippen LogP contribution in [0.1, 0.15) is 56.1 Å². The van der Waals surface area contributed by atoms with Gasteiger partial charge in [-0.2, -0.15) is 0 Å². The second kappa shape index (κ2) is 9.16. The van der Waals surface area contributed by atoms with E-state index in [0.29, 0.717) is 21.7 Å². The summed E-state index contributed by atoms with van der Waals surface area (Å²) in [5.41, 5.74) is 1.17. The van der Waals surface area contributed by atoms with Gasteiger partial charge in [0.15, 0.2) is 0 Å². The lowest BCUT2D eigenvalue weighted by Crippen LogP contribution is -2.43. The van der Waals surface area contributed by atoms with E-state index in [1.807, 2.05) is 24.3 Å². The zero-order valence-corrected chi connectivity index (χ0v) is 19.4. The maximum Gasteiger partial charge on any atom is 0.264 e. The number of amides is 2. The second-order valence-electron chi connectivity index (χ2n) is 8.88. The monoisotopic (exact) mass is 472 g/mol. The molecule has 0 spiro atoms. The first-order valence-corrected chi connectivity index (χ1v) is 11.6. The molecule has 1 heterocycles. The molecule has 0 radical (unpaired) electrons. The average Bonchev–Trinajstić information content (AvgIpc) is 2.96. The average molecular weight is 473 g/mol. The fourth-order valence-electron chi connectivity index (χ4n) is 4.68. The molecule has 2 aliphatic rings. The van der Waals surface area contributed by atoms with E-state index in [0.717, 1.165) is 5.56 Å². The Labute approximate surface area is 197 Å². The molecule has 3 N–H and O–H groups in total. The van der Waals surface area contributed by atoms with Crippen LogP contribution >= 0.6 is 23.2 Å². The van der Waals surface area contributed by atoms with Crippen LogP contribution in [0.3, 0.4) is 0 Å². The van der Waals surface area contributed by atoms with Gasteiger partial charge in [0.1, 0.15) is 11.3 Å². The van der Waals surface area contributed by atoms with Crippen molar-refractivity contribution in [3.8, 4) is 0 Å². The highest BCUT2D eigenvalue weighted by Crippen LogP contribution is 2.34. The van der Waals surface area contributed by atoms with E-state index in [-0.39, 0.29) is 17.8 Å². The van der Waals surface area contributed by atoms with Crippen molar-refractivity contribution in [2.24, 2.45) is 0 Å². The fraction of sp³-hybridized carbons (Fsp3) is 0.360. The number of benzene rings is 2. The van der Waals surface area contributed by atoms with Crippen LogP contribution in [-0.4, -0.2) is 22.5 Å². The zero-order chi connectivity index (χ0) is 22.9. The third kappa shape index (κ3) is 4.79. The normalized spacial score (nSPS) is 21.5. The number of nitrogens with one attached hydrogen (secondary N) is 2. The van der Waals surface area contributed by atoms with Gasteiger partial charge in [-0.05, 0) is 67.1 Å². The molecule has 2 aromatic rings. The van der Waals surface area contributed by atoms with Crippen LogP contribution in [0.15, 0.2) is 53.8 Å². The molecule has 1 fully saturated rings. The van der Waals surface area contributed by atoms with E-state index in [1.54, 1.807) is 25.1 Å². The fourth-order valence-corrected chi connectivity index (χ4v) is 5.25. The molecule has 2 aromatic carbocycles. The van der Waals surface area contributed by atoms with Crippen LogP contribution in [0.25, 0.3) is 0 Å². The van der Waals surface area contributed by atoms with Crippen molar-refractivity contribution in [2.75, 3.05) is 5.32 Å². The Morgan fingerprint density at radius 1 is 1.09 bits per heavy atom. The summed E-state index contributed by atoms with van der Waals surface area (Å²) < 4.78 is 0. The first-order chi connectivity index (χ1) is 15.2. The lowest BCUT2D eigenvalue weighted by atomic mass is 9.84. The Balaban J connectivity index is 1.49. The number of rotatable bonds is 5. The second-order valence-corrected chi connectivity index (χ2v) is 9.75. The van der Waals surface area contributed by atoms with Gasteiger partial charge in [-0.1, -0.05) is 54.6 Å². The van der Waals surface area contributed by atoms with Crippen molar-refractivity contribution < 1.29 is 14.7 Å². The molecule has 1 saturated carbocycles. The van der Waals surface area contributed by atoms with E-state index >= 15 is 0 Å². The molecule has 5 nitrogen and oxygen atoms in total. The van der Waals surface area contributed by atoms with Crippen molar-refractivity contribution in [1.29, 1.82) is 0 Å². The first-order valence-electron chi connectivity index (χ1n) is 10.9. The SMILES string of the molecule is CC1(Cc2cc(Cl)cc(Cl)c2)NC(=O)C(C(=O)Nc2ccc(C3CCCCC3)cc2)=C1O. The van der Waals surface area contributed by atoms with Crippen LogP contribution in [0, 0.1) is 0 Å². The maximum absolute atomic E-state index is 12.8. The summed E-state index contributed by atoms with van der Waals surface area (Å²) in [6.45, 7) is 1.66. The molecular formula is C25H26Cl2N2O3. The Bertz CT molecular complexity index is 1050. The van der Waals surface area contributed by atoms with Gasteiger partial charge >= 0.3 is 0 Å². The van der Waals surface area contributed by atoms with E-state index in [4.69, 9.17) is 23.2 Å². The molecule has 0 aromatic heterocycles. The first kappa shape index (κ1) is 22.7. The van der Waals surface area contributed by atoms with Crippen LogP contribution in [-0.2, 0) is 16.0 Å².